The first kappa shape index (κ1) is 11.9. The second-order valence-electron chi connectivity index (χ2n) is 3.91. The number of aromatic nitrogens is 2. The van der Waals surface area contributed by atoms with Crippen LogP contribution in [0.25, 0.3) is 11.0 Å². The predicted octanol–water partition coefficient (Wildman–Crippen LogP) is 2.65. The first-order valence-electron chi connectivity index (χ1n) is 5.02. The van der Waals surface area contributed by atoms with Crippen LogP contribution < -0.4 is 0 Å². The topological polar surface area (TPSA) is 38.1 Å². The quantitative estimate of drug-likeness (QED) is 0.837. The molecule has 0 aliphatic heterocycles. The molecule has 1 heterocycles. The standard InChI is InChI=1S/C11H11F3N2O/c1-6(17)10-15-8-5-7(11(12,13)14)3-4-9(8)16(10)2/h3-6,17H,1-2H3/t6-/m0/s1. The van der Waals surface area contributed by atoms with E-state index in [1.54, 1.807) is 11.6 Å². The van der Waals surface area contributed by atoms with Gasteiger partial charge in [0.15, 0.2) is 0 Å². The number of halogens is 3. The second-order valence-corrected chi connectivity index (χ2v) is 3.91. The molecule has 1 atom stereocenters. The molecule has 1 aromatic heterocycles. The van der Waals surface area contributed by atoms with Gasteiger partial charge in [0.25, 0.3) is 0 Å². The van der Waals surface area contributed by atoms with Crippen molar-refractivity contribution in [2.45, 2.75) is 19.2 Å². The number of fused-ring (bicyclic) bond motifs is 1. The average molecular weight is 244 g/mol. The Balaban J connectivity index is 2.64. The van der Waals surface area contributed by atoms with E-state index in [4.69, 9.17) is 0 Å². The van der Waals surface area contributed by atoms with Crippen molar-refractivity contribution < 1.29 is 18.3 Å². The predicted molar refractivity (Wildman–Crippen MR) is 56.3 cm³/mol. The maximum Gasteiger partial charge on any atom is 0.416 e. The Bertz CT molecular complexity index is 558. The number of nitrogens with zero attached hydrogens (tertiary/aromatic N) is 2. The van der Waals surface area contributed by atoms with Gasteiger partial charge in [-0.2, -0.15) is 13.2 Å². The van der Waals surface area contributed by atoms with Crippen molar-refractivity contribution in [3.8, 4) is 0 Å². The smallest absolute Gasteiger partial charge is 0.385 e. The van der Waals surface area contributed by atoms with Crippen molar-refractivity contribution in [3.05, 3.63) is 29.6 Å². The fourth-order valence-electron chi connectivity index (χ4n) is 1.77. The number of alkyl halides is 3. The molecule has 1 aromatic carbocycles. The summed E-state index contributed by atoms with van der Waals surface area (Å²) in [5.74, 6) is 0.347. The van der Waals surface area contributed by atoms with E-state index < -0.39 is 17.8 Å². The maximum absolute atomic E-state index is 12.5. The Kier molecular flexibility index (Phi) is 2.61. The molecule has 0 saturated heterocycles. The van der Waals surface area contributed by atoms with Crippen LogP contribution in [-0.4, -0.2) is 14.7 Å². The van der Waals surface area contributed by atoms with Crippen molar-refractivity contribution >= 4 is 11.0 Å². The minimum absolute atomic E-state index is 0.234. The van der Waals surface area contributed by atoms with E-state index in [1.807, 2.05) is 0 Å². The van der Waals surface area contributed by atoms with Crippen LogP contribution in [0, 0.1) is 0 Å². The van der Waals surface area contributed by atoms with Crippen LogP contribution in [0.15, 0.2) is 18.2 Å². The Morgan fingerprint density at radius 1 is 1.35 bits per heavy atom. The van der Waals surface area contributed by atoms with Gasteiger partial charge in [-0.1, -0.05) is 0 Å². The van der Waals surface area contributed by atoms with E-state index in [1.165, 1.54) is 13.0 Å². The highest BCUT2D eigenvalue weighted by Gasteiger charge is 2.31. The highest BCUT2D eigenvalue weighted by molar-refractivity contribution is 5.77. The Labute approximate surface area is 95.5 Å². The van der Waals surface area contributed by atoms with E-state index in [2.05, 4.69) is 4.98 Å². The van der Waals surface area contributed by atoms with Gasteiger partial charge in [0, 0.05) is 7.05 Å². The van der Waals surface area contributed by atoms with Crippen LogP contribution in [0.4, 0.5) is 13.2 Å². The summed E-state index contributed by atoms with van der Waals surface area (Å²) in [5.41, 5.74) is 0.0624. The zero-order chi connectivity index (χ0) is 12.8. The van der Waals surface area contributed by atoms with Crippen molar-refractivity contribution in [1.29, 1.82) is 0 Å². The van der Waals surface area contributed by atoms with Crippen molar-refractivity contribution in [2.24, 2.45) is 7.05 Å². The fourth-order valence-corrected chi connectivity index (χ4v) is 1.77. The molecule has 0 unspecified atom stereocenters. The number of hydrogen-bond donors (Lipinski definition) is 1. The van der Waals surface area contributed by atoms with Gasteiger partial charge in [0.05, 0.1) is 16.6 Å². The summed E-state index contributed by atoms with van der Waals surface area (Å²) < 4.78 is 39.1. The number of benzene rings is 1. The molecule has 92 valence electrons. The van der Waals surface area contributed by atoms with E-state index in [0.717, 1.165) is 12.1 Å². The number of hydrogen-bond acceptors (Lipinski definition) is 2. The normalized spacial score (nSPS) is 14.2. The van der Waals surface area contributed by atoms with E-state index in [-0.39, 0.29) is 5.52 Å². The molecular weight excluding hydrogens is 233 g/mol. The van der Waals surface area contributed by atoms with Gasteiger partial charge in [-0.05, 0) is 25.1 Å². The Hall–Kier alpha value is -1.56. The summed E-state index contributed by atoms with van der Waals surface area (Å²) in [7, 11) is 1.66. The van der Waals surface area contributed by atoms with Gasteiger partial charge < -0.3 is 9.67 Å². The Morgan fingerprint density at radius 2 is 2.00 bits per heavy atom. The van der Waals surface area contributed by atoms with E-state index in [0.29, 0.717) is 11.3 Å². The highest BCUT2D eigenvalue weighted by Crippen LogP contribution is 2.31. The van der Waals surface area contributed by atoms with E-state index >= 15 is 0 Å². The van der Waals surface area contributed by atoms with Crippen molar-refractivity contribution in [3.63, 3.8) is 0 Å². The number of imidazole rings is 1. The largest absolute Gasteiger partial charge is 0.416 e. The molecule has 6 heteroatoms. The van der Waals surface area contributed by atoms with E-state index in [9.17, 15) is 18.3 Å². The zero-order valence-corrected chi connectivity index (χ0v) is 9.28. The first-order valence-corrected chi connectivity index (χ1v) is 5.02. The molecule has 0 aliphatic rings. The van der Waals surface area contributed by atoms with Crippen molar-refractivity contribution in [1.82, 2.24) is 9.55 Å². The third-order valence-electron chi connectivity index (χ3n) is 2.62. The molecule has 2 rings (SSSR count). The van der Waals surface area contributed by atoms with Crippen LogP contribution in [0.3, 0.4) is 0 Å². The molecule has 0 bridgehead atoms. The van der Waals surface area contributed by atoms with Gasteiger partial charge in [0.2, 0.25) is 0 Å². The molecule has 17 heavy (non-hydrogen) atoms. The molecule has 0 fully saturated rings. The minimum atomic E-state index is -4.38. The molecular formula is C11H11F3N2O. The average Bonchev–Trinajstić information content (AvgIpc) is 2.54. The van der Waals surface area contributed by atoms with Crippen LogP contribution in [0.1, 0.15) is 24.4 Å². The van der Waals surface area contributed by atoms with Gasteiger partial charge >= 0.3 is 6.18 Å². The molecule has 0 aliphatic carbocycles. The lowest BCUT2D eigenvalue weighted by molar-refractivity contribution is -0.137. The second kappa shape index (κ2) is 3.73. The van der Waals surface area contributed by atoms with Crippen LogP contribution in [0.5, 0.6) is 0 Å². The van der Waals surface area contributed by atoms with Crippen LogP contribution in [-0.2, 0) is 13.2 Å². The molecule has 0 radical (unpaired) electrons. The van der Waals surface area contributed by atoms with Crippen molar-refractivity contribution in [2.75, 3.05) is 0 Å². The third kappa shape index (κ3) is 2.00. The summed E-state index contributed by atoms with van der Waals surface area (Å²) in [4.78, 5) is 4.00. The van der Waals surface area contributed by atoms with Crippen LogP contribution >= 0.6 is 0 Å². The maximum atomic E-state index is 12.5. The van der Waals surface area contributed by atoms with Crippen LogP contribution in [0.2, 0.25) is 0 Å². The molecule has 0 spiro atoms. The fraction of sp³-hybridized carbons (Fsp3) is 0.364. The van der Waals surface area contributed by atoms with Gasteiger partial charge in [0.1, 0.15) is 11.9 Å². The zero-order valence-electron chi connectivity index (χ0n) is 9.28. The van der Waals surface area contributed by atoms with Gasteiger partial charge in [-0.15, -0.1) is 0 Å². The lowest BCUT2D eigenvalue weighted by Gasteiger charge is -2.06. The molecule has 2 aromatic rings. The Morgan fingerprint density at radius 3 is 2.53 bits per heavy atom. The third-order valence-corrected chi connectivity index (χ3v) is 2.62. The number of aliphatic hydroxyl groups excluding tert-OH is 1. The van der Waals surface area contributed by atoms with Gasteiger partial charge in [-0.3, -0.25) is 0 Å². The minimum Gasteiger partial charge on any atom is -0.385 e. The number of aliphatic hydroxyl groups is 1. The summed E-state index contributed by atoms with van der Waals surface area (Å²) in [6.45, 7) is 1.52. The summed E-state index contributed by atoms with van der Waals surface area (Å²) in [6.07, 6.45) is -5.20. The molecule has 0 amide bonds. The lowest BCUT2D eigenvalue weighted by atomic mass is 10.2. The monoisotopic (exact) mass is 244 g/mol. The number of rotatable bonds is 1. The lowest BCUT2D eigenvalue weighted by Crippen LogP contribution is -2.04. The molecule has 1 N–H and O–H groups in total. The first-order chi connectivity index (χ1) is 7.80. The molecule has 0 saturated carbocycles. The highest BCUT2D eigenvalue weighted by atomic mass is 19.4. The summed E-state index contributed by atoms with van der Waals surface area (Å²) in [6, 6.07) is 3.36. The summed E-state index contributed by atoms with van der Waals surface area (Å²) in [5, 5.41) is 9.43. The summed E-state index contributed by atoms with van der Waals surface area (Å²) >= 11 is 0. The number of aryl methyl sites for hydroxylation is 1. The van der Waals surface area contributed by atoms with Gasteiger partial charge in [-0.25, -0.2) is 4.98 Å². The molecule has 3 nitrogen and oxygen atoms in total. The SMILES string of the molecule is C[C@H](O)c1nc2cc(C(F)(F)F)ccc2n1C.